The Morgan fingerprint density at radius 3 is 2.17 bits per heavy atom. The Kier molecular flexibility index (Phi) is 5.18. The molecule has 1 aromatic rings. The summed E-state index contributed by atoms with van der Waals surface area (Å²) in [6, 6.07) is 8.43. The molecule has 0 amide bonds. The standard InChI is InChI=1S/C20H28O4/c1-14-2-4-16(5-3-14)20-23-10-17(11-24-20)15-6-8-18(9-7-15)21-12-19-13-22-19/h2-5,15,17-20H,6-13H2,1H3. The predicted octanol–water partition coefficient (Wildman–Crippen LogP) is 3.63. The molecule has 24 heavy (non-hydrogen) atoms. The van der Waals surface area contributed by atoms with Gasteiger partial charge in [-0.05, 0) is 38.5 Å². The van der Waals surface area contributed by atoms with Crippen molar-refractivity contribution in [3.63, 3.8) is 0 Å². The van der Waals surface area contributed by atoms with E-state index < -0.39 is 0 Å². The largest absolute Gasteiger partial charge is 0.375 e. The van der Waals surface area contributed by atoms with Gasteiger partial charge in [0.1, 0.15) is 6.10 Å². The quantitative estimate of drug-likeness (QED) is 0.772. The average molecular weight is 332 g/mol. The van der Waals surface area contributed by atoms with Crippen LogP contribution in [-0.4, -0.2) is 38.6 Å². The molecule has 0 radical (unpaired) electrons. The van der Waals surface area contributed by atoms with Crippen LogP contribution in [0.1, 0.15) is 43.1 Å². The molecule has 4 heteroatoms. The summed E-state index contributed by atoms with van der Waals surface area (Å²) in [6.07, 6.45) is 5.38. The molecule has 1 aromatic carbocycles. The molecule has 4 rings (SSSR count). The molecular weight excluding hydrogens is 304 g/mol. The van der Waals surface area contributed by atoms with Crippen LogP contribution in [0.4, 0.5) is 0 Å². The van der Waals surface area contributed by atoms with E-state index in [1.807, 2.05) is 0 Å². The highest BCUT2D eigenvalue weighted by Crippen LogP contribution is 2.36. The molecule has 0 spiro atoms. The maximum absolute atomic E-state index is 6.01. The second-order valence-corrected chi connectivity index (χ2v) is 7.49. The van der Waals surface area contributed by atoms with Gasteiger partial charge in [0.2, 0.25) is 0 Å². The monoisotopic (exact) mass is 332 g/mol. The topological polar surface area (TPSA) is 40.2 Å². The Labute approximate surface area is 144 Å². The van der Waals surface area contributed by atoms with Gasteiger partial charge < -0.3 is 18.9 Å². The van der Waals surface area contributed by atoms with Gasteiger partial charge in [0.25, 0.3) is 0 Å². The minimum atomic E-state index is -0.194. The van der Waals surface area contributed by atoms with E-state index in [4.69, 9.17) is 18.9 Å². The van der Waals surface area contributed by atoms with E-state index in [2.05, 4.69) is 31.2 Å². The Hall–Kier alpha value is -0.940. The normalized spacial score (nSPS) is 36.5. The van der Waals surface area contributed by atoms with Crippen molar-refractivity contribution in [1.82, 2.24) is 0 Å². The van der Waals surface area contributed by atoms with Crippen molar-refractivity contribution in [3.05, 3.63) is 35.4 Å². The molecule has 3 fully saturated rings. The molecule has 1 unspecified atom stereocenters. The van der Waals surface area contributed by atoms with Crippen LogP contribution in [0.15, 0.2) is 24.3 Å². The van der Waals surface area contributed by atoms with E-state index in [0.717, 1.165) is 44.8 Å². The zero-order chi connectivity index (χ0) is 16.4. The van der Waals surface area contributed by atoms with Gasteiger partial charge in [-0.3, -0.25) is 0 Å². The number of aryl methyl sites for hydroxylation is 1. The van der Waals surface area contributed by atoms with E-state index in [9.17, 15) is 0 Å². The first-order valence-electron chi connectivity index (χ1n) is 9.31. The maximum atomic E-state index is 6.01. The van der Waals surface area contributed by atoms with Crippen molar-refractivity contribution >= 4 is 0 Å². The SMILES string of the molecule is Cc1ccc(C2OCC(C3CCC(OCC4CO4)CC3)CO2)cc1. The fraction of sp³-hybridized carbons (Fsp3) is 0.700. The lowest BCUT2D eigenvalue weighted by atomic mass is 9.79. The molecule has 2 heterocycles. The highest BCUT2D eigenvalue weighted by atomic mass is 16.7. The van der Waals surface area contributed by atoms with Crippen molar-refractivity contribution in [3.8, 4) is 0 Å². The van der Waals surface area contributed by atoms with E-state index in [0.29, 0.717) is 24.0 Å². The van der Waals surface area contributed by atoms with Gasteiger partial charge in [0.05, 0.1) is 32.5 Å². The van der Waals surface area contributed by atoms with Crippen LogP contribution >= 0.6 is 0 Å². The van der Waals surface area contributed by atoms with Crippen LogP contribution < -0.4 is 0 Å². The Bertz CT molecular complexity index is 509. The summed E-state index contributed by atoms with van der Waals surface area (Å²) in [5, 5.41) is 0. The minimum absolute atomic E-state index is 0.194. The van der Waals surface area contributed by atoms with Crippen LogP contribution in [0.2, 0.25) is 0 Å². The zero-order valence-corrected chi connectivity index (χ0v) is 14.5. The molecule has 1 atom stereocenters. The van der Waals surface area contributed by atoms with Gasteiger partial charge >= 0.3 is 0 Å². The number of hydrogen-bond donors (Lipinski definition) is 0. The van der Waals surface area contributed by atoms with E-state index in [1.54, 1.807) is 0 Å². The molecule has 0 aromatic heterocycles. The molecule has 2 saturated heterocycles. The summed E-state index contributed by atoms with van der Waals surface area (Å²) in [5.41, 5.74) is 2.39. The fourth-order valence-electron chi connectivity index (χ4n) is 3.84. The van der Waals surface area contributed by atoms with Crippen molar-refractivity contribution < 1.29 is 18.9 Å². The first-order valence-corrected chi connectivity index (χ1v) is 9.31. The number of benzene rings is 1. The van der Waals surface area contributed by atoms with Gasteiger partial charge in [0, 0.05) is 11.5 Å². The number of rotatable bonds is 5. The molecule has 1 saturated carbocycles. The molecule has 3 aliphatic rings. The van der Waals surface area contributed by atoms with E-state index in [-0.39, 0.29) is 6.29 Å². The van der Waals surface area contributed by atoms with E-state index in [1.165, 1.54) is 18.4 Å². The Morgan fingerprint density at radius 1 is 0.875 bits per heavy atom. The lowest BCUT2D eigenvalue weighted by Gasteiger charge is -2.37. The molecule has 0 N–H and O–H groups in total. The van der Waals surface area contributed by atoms with Gasteiger partial charge in [-0.1, -0.05) is 29.8 Å². The third-order valence-electron chi connectivity index (χ3n) is 5.58. The Morgan fingerprint density at radius 2 is 1.54 bits per heavy atom. The third kappa shape index (κ3) is 4.17. The summed E-state index contributed by atoms with van der Waals surface area (Å²) in [7, 11) is 0. The number of ether oxygens (including phenoxy) is 4. The van der Waals surface area contributed by atoms with Gasteiger partial charge in [-0.25, -0.2) is 0 Å². The summed E-state index contributed by atoms with van der Waals surface area (Å²) in [5.74, 6) is 1.24. The van der Waals surface area contributed by atoms with Gasteiger partial charge in [-0.2, -0.15) is 0 Å². The van der Waals surface area contributed by atoms with Crippen molar-refractivity contribution in [2.75, 3.05) is 26.4 Å². The number of hydrogen-bond acceptors (Lipinski definition) is 4. The van der Waals surface area contributed by atoms with Crippen LogP contribution in [0, 0.1) is 18.8 Å². The molecular formula is C20H28O4. The molecule has 1 aliphatic carbocycles. The Balaban J connectivity index is 1.21. The van der Waals surface area contributed by atoms with Crippen molar-refractivity contribution in [1.29, 1.82) is 0 Å². The summed E-state index contributed by atoms with van der Waals surface area (Å²) >= 11 is 0. The third-order valence-corrected chi connectivity index (χ3v) is 5.58. The van der Waals surface area contributed by atoms with Gasteiger partial charge in [0.15, 0.2) is 6.29 Å². The average Bonchev–Trinajstić information content (AvgIpc) is 3.46. The first kappa shape index (κ1) is 16.5. The molecule has 2 aliphatic heterocycles. The number of epoxide rings is 1. The smallest absolute Gasteiger partial charge is 0.183 e. The summed E-state index contributed by atoms with van der Waals surface area (Å²) < 4.78 is 23.2. The maximum Gasteiger partial charge on any atom is 0.183 e. The fourth-order valence-corrected chi connectivity index (χ4v) is 3.84. The second-order valence-electron chi connectivity index (χ2n) is 7.49. The molecule has 0 bridgehead atoms. The van der Waals surface area contributed by atoms with Crippen LogP contribution in [0.25, 0.3) is 0 Å². The van der Waals surface area contributed by atoms with Crippen molar-refractivity contribution in [2.24, 2.45) is 11.8 Å². The molecule has 4 nitrogen and oxygen atoms in total. The van der Waals surface area contributed by atoms with Crippen LogP contribution in [0.5, 0.6) is 0 Å². The van der Waals surface area contributed by atoms with Crippen LogP contribution in [0.3, 0.4) is 0 Å². The summed E-state index contributed by atoms with van der Waals surface area (Å²) in [6.45, 7) is 5.38. The van der Waals surface area contributed by atoms with Crippen molar-refractivity contribution in [2.45, 2.75) is 51.1 Å². The predicted molar refractivity (Wildman–Crippen MR) is 90.8 cm³/mol. The first-order chi connectivity index (χ1) is 11.8. The van der Waals surface area contributed by atoms with Crippen LogP contribution in [-0.2, 0) is 18.9 Å². The summed E-state index contributed by atoms with van der Waals surface area (Å²) in [4.78, 5) is 0. The lowest BCUT2D eigenvalue weighted by Crippen LogP contribution is -2.35. The van der Waals surface area contributed by atoms with Gasteiger partial charge in [-0.15, -0.1) is 0 Å². The lowest BCUT2D eigenvalue weighted by molar-refractivity contribution is -0.215. The minimum Gasteiger partial charge on any atom is -0.375 e. The highest BCUT2D eigenvalue weighted by Gasteiger charge is 2.33. The molecule has 132 valence electrons. The second kappa shape index (κ2) is 7.52. The van der Waals surface area contributed by atoms with E-state index >= 15 is 0 Å². The highest BCUT2D eigenvalue weighted by molar-refractivity contribution is 5.22. The zero-order valence-electron chi connectivity index (χ0n) is 14.5.